The molecule has 3 heteroatoms. The zero-order valence-corrected chi connectivity index (χ0v) is 20.6. The van der Waals surface area contributed by atoms with Crippen LogP contribution < -0.4 is 0 Å². The van der Waals surface area contributed by atoms with Crippen LogP contribution >= 0.6 is 0 Å². The van der Waals surface area contributed by atoms with Crippen molar-refractivity contribution in [1.29, 1.82) is 0 Å². The number of hydrogen-bond donors (Lipinski definition) is 1. The summed E-state index contributed by atoms with van der Waals surface area (Å²) >= 11 is 0. The van der Waals surface area contributed by atoms with Gasteiger partial charge in [0.2, 0.25) is 0 Å². The van der Waals surface area contributed by atoms with E-state index in [4.69, 9.17) is 9.78 Å². The molecule has 2 spiro atoms. The molecule has 2 aliphatic heterocycles. The molecule has 31 heavy (non-hydrogen) atoms. The molecule has 0 aromatic carbocycles. The molecule has 2 heterocycles. The Balaban J connectivity index is 1.45. The maximum atomic E-state index is 10.4. The van der Waals surface area contributed by atoms with E-state index >= 15 is 0 Å². The lowest BCUT2D eigenvalue weighted by atomic mass is 9.43. The van der Waals surface area contributed by atoms with Crippen LogP contribution in [0.3, 0.4) is 0 Å². The lowest BCUT2D eigenvalue weighted by Crippen LogP contribution is -2.73. The van der Waals surface area contributed by atoms with Crippen molar-refractivity contribution < 1.29 is 14.9 Å². The van der Waals surface area contributed by atoms with Gasteiger partial charge >= 0.3 is 0 Å². The van der Waals surface area contributed by atoms with Gasteiger partial charge in [0.05, 0.1) is 6.10 Å². The predicted octanol–water partition coefficient (Wildman–Crippen LogP) is 6.47. The first-order valence-electron chi connectivity index (χ1n) is 13.0. The van der Waals surface area contributed by atoms with Crippen molar-refractivity contribution in [2.24, 2.45) is 46.3 Å². The van der Waals surface area contributed by atoms with Crippen LogP contribution in [0.1, 0.15) is 86.5 Å². The Morgan fingerprint density at radius 3 is 2.35 bits per heavy atom. The number of allylic oxidation sites excluding steroid dienone is 2. The molecule has 3 saturated carbocycles. The second kappa shape index (κ2) is 7.18. The van der Waals surface area contributed by atoms with Crippen molar-refractivity contribution >= 4 is 0 Å². The van der Waals surface area contributed by atoms with Crippen LogP contribution in [0.25, 0.3) is 0 Å². The molecule has 6 aliphatic rings. The van der Waals surface area contributed by atoms with Crippen molar-refractivity contribution in [1.82, 2.24) is 0 Å². The van der Waals surface area contributed by atoms with E-state index < -0.39 is 5.60 Å². The van der Waals surface area contributed by atoms with Gasteiger partial charge in [-0.1, -0.05) is 59.8 Å². The molecule has 0 amide bonds. The van der Waals surface area contributed by atoms with Crippen molar-refractivity contribution in [2.75, 3.05) is 0 Å². The van der Waals surface area contributed by atoms with E-state index in [0.717, 1.165) is 12.8 Å². The fourth-order valence-electron chi connectivity index (χ4n) is 8.71. The van der Waals surface area contributed by atoms with Gasteiger partial charge in [0.15, 0.2) is 0 Å². The quantitative estimate of drug-likeness (QED) is 0.412. The average Bonchev–Trinajstić information content (AvgIpc) is 3.09. The van der Waals surface area contributed by atoms with Crippen LogP contribution in [0, 0.1) is 46.3 Å². The molecule has 2 bridgehead atoms. The maximum absolute atomic E-state index is 10.4. The van der Waals surface area contributed by atoms with E-state index in [9.17, 15) is 5.11 Å². The van der Waals surface area contributed by atoms with Gasteiger partial charge in [0, 0.05) is 23.7 Å². The normalized spacial score (nSPS) is 52.8. The molecule has 4 fully saturated rings. The molecule has 1 N–H and O–H groups in total. The van der Waals surface area contributed by atoms with Crippen LogP contribution in [0.2, 0.25) is 0 Å². The van der Waals surface area contributed by atoms with E-state index in [-0.39, 0.29) is 22.5 Å². The topological polar surface area (TPSA) is 38.7 Å². The van der Waals surface area contributed by atoms with Gasteiger partial charge in [-0.25, -0.2) is 9.78 Å². The highest BCUT2D eigenvalue weighted by Gasteiger charge is 2.74. The molecule has 0 aromatic rings. The molecule has 1 saturated heterocycles. The van der Waals surface area contributed by atoms with Gasteiger partial charge in [-0.2, -0.15) is 0 Å². The summed E-state index contributed by atoms with van der Waals surface area (Å²) in [4.78, 5) is 12.8. The molecule has 3 nitrogen and oxygen atoms in total. The van der Waals surface area contributed by atoms with E-state index in [1.807, 2.05) is 0 Å². The summed E-state index contributed by atoms with van der Waals surface area (Å²) in [5.74, 6) is 3.64. The van der Waals surface area contributed by atoms with Gasteiger partial charge in [-0.3, -0.25) is 0 Å². The molecule has 174 valence electrons. The van der Waals surface area contributed by atoms with Crippen molar-refractivity contribution in [3.63, 3.8) is 0 Å². The number of fused-ring (bicyclic) bond motifs is 2. The van der Waals surface area contributed by atoms with Crippen molar-refractivity contribution in [3.05, 3.63) is 24.3 Å². The summed E-state index contributed by atoms with van der Waals surface area (Å²) in [6.07, 6.45) is 17.0. The number of hydrogen-bond acceptors (Lipinski definition) is 3. The SMILES string of the molecule is CC(C)[C@H](C)/C=C/[C@@H](C)C1CC[C@H]2[C@@]34C=C[C@]5(C[C@@H](O)CC[C@]5(C)[C@H]3CC[C@]12C)OO4. The Morgan fingerprint density at radius 1 is 0.903 bits per heavy atom. The van der Waals surface area contributed by atoms with Crippen LogP contribution in [0.5, 0.6) is 0 Å². The summed E-state index contributed by atoms with van der Waals surface area (Å²) in [5, 5.41) is 10.4. The lowest BCUT2D eigenvalue weighted by molar-refractivity contribution is -0.497. The maximum Gasteiger partial charge on any atom is 0.130 e. The fourth-order valence-corrected chi connectivity index (χ4v) is 8.71. The molecule has 1 unspecified atom stereocenters. The minimum Gasteiger partial charge on any atom is -0.393 e. The van der Waals surface area contributed by atoms with Gasteiger partial charge in [0.25, 0.3) is 0 Å². The first-order valence-corrected chi connectivity index (χ1v) is 13.0. The highest BCUT2D eigenvalue weighted by atomic mass is 17.2. The molecule has 0 radical (unpaired) electrons. The lowest BCUT2D eigenvalue weighted by Gasteiger charge is -2.69. The third-order valence-electron chi connectivity index (χ3n) is 11.1. The third-order valence-corrected chi connectivity index (χ3v) is 11.1. The average molecular weight is 429 g/mol. The largest absolute Gasteiger partial charge is 0.393 e. The van der Waals surface area contributed by atoms with Crippen LogP contribution in [0.15, 0.2) is 24.3 Å². The van der Waals surface area contributed by atoms with E-state index in [0.29, 0.717) is 41.9 Å². The van der Waals surface area contributed by atoms with Gasteiger partial charge in [-0.15, -0.1) is 0 Å². The molecular weight excluding hydrogens is 384 g/mol. The summed E-state index contributed by atoms with van der Waals surface area (Å²) in [6.45, 7) is 14.4. The second-order valence-corrected chi connectivity index (χ2v) is 12.7. The summed E-state index contributed by atoms with van der Waals surface area (Å²) in [7, 11) is 0. The summed E-state index contributed by atoms with van der Waals surface area (Å²) in [6, 6.07) is 0. The highest BCUT2D eigenvalue weighted by molar-refractivity contribution is 5.33. The second-order valence-electron chi connectivity index (χ2n) is 12.7. The minimum atomic E-state index is -0.439. The Bertz CT molecular complexity index is 772. The van der Waals surface area contributed by atoms with E-state index in [1.165, 1.54) is 25.7 Å². The Morgan fingerprint density at radius 2 is 1.68 bits per heavy atom. The van der Waals surface area contributed by atoms with Crippen LogP contribution in [-0.4, -0.2) is 22.4 Å². The Kier molecular flexibility index (Phi) is 5.13. The van der Waals surface area contributed by atoms with Crippen LogP contribution in [-0.2, 0) is 9.78 Å². The first-order chi connectivity index (χ1) is 14.6. The minimum absolute atomic E-state index is 0.0663. The standard InChI is InChI=1S/C28H44O3/c1-18(2)19(3)7-8-20(4)22-9-10-23-25(22,5)13-12-24-26(6)14-11-21(29)17-27(26)15-16-28(23,24)31-30-27/h7-8,15-16,18-24,29H,9-14,17H2,1-6H3/b8-7+/t19-,20-,21+,22?,23-,24-,25-,26-,27-,28+/m1/s1. The van der Waals surface area contributed by atoms with Gasteiger partial charge in [-0.05, 0) is 73.7 Å². The van der Waals surface area contributed by atoms with Gasteiger partial charge < -0.3 is 5.11 Å². The summed E-state index contributed by atoms with van der Waals surface area (Å²) < 4.78 is 0. The van der Waals surface area contributed by atoms with Crippen LogP contribution in [0.4, 0.5) is 0 Å². The number of aliphatic hydroxyl groups is 1. The number of aliphatic hydroxyl groups excluding tert-OH is 1. The summed E-state index contributed by atoms with van der Waals surface area (Å²) in [5.41, 5.74) is -0.366. The molecule has 4 aliphatic carbocycles. The fraction of sp³-hybridized carbons (Fsp3) is 0.857. The smallest absolute Gasteiger partial charge is 0.130 e. The van der Waals surface area contributed by atoms with E-state index in [2.05, 4.69) is 65.8 Å². The Hall–Kier alpha value is -0.640. The molecule has 10 atom stereocenters. The monoisotopic (exact) mass is 428 g/mol. The predicted molar refractivity (Wildman–Crippen MR) is 124 cm³/mol. The zero-order chi connectivity index (χ0) is 22.2. The highest BCUT2D eigenvalue weighted by Crippen LogP contribution is 2.72. The van der Waals surface area contributed by atoms with Crippen molar-refractivity contribution in [3.8, 4) is 0 Å². The molecular formula is C28H44O3. The van der Waals surface area contributed by atoms with Crippen molar-refractivity contribution in [2.45, 2.75) is 104 Å². The van der Waals surface area contributed by atoms with Gasteiger partial charge in [0.1, 0.15) is 11.2 Å². The van der Waals surface area contributed by atoms with E-state index in [1.54, 1.807) is 0 Å². The first kappa shape index (κ1) is 22.2. The Labute approximate surface area is 189 Å². The number of rotatable bonds is 4. The molecule has 6 rings (SSSR count). The third kappa shape index (κ3) is 2.88. The zero-order valence-electron chi connectivity index (χ0n) is 20.6. The molecule has 0 aromatic heterocycles.